The highest BCUT2D eigenvalue weighted by Gasteiger charge is 2.00. The highest BCUT2D eigenvalue weighted by atomic mass is 16.4. The lowest BCUT2D eigenvalue weighted by Gasteiger charge is -2.02. The Labute approximate surface area is 92.3 Å². The van der Waals surface area contributed by atoms with Crippen molar-refractivity contribution in [3.8, 4) is 0 Å². The second kappa shape index (κ2) is 4.57. The summed E-state index contributed by atoms with van der Waals surface area (Å²) < 4.78 is 1.71. The highest BCUT2D eigenvalue weighted by molar-refractivity contribution is 5.70. The van der Waals surface area contributed by atoms with Crippen LogP contribution in [0.15, 0.2) is 36.7 Å². The van der Waals surface area contributed by atoms with E-state index in [0.29, 0.717) is 6.54 Å². The number of benzene rings is 1. The van der Waals surface area contributed by atoms with Crippen LogP contribution in [0.2, 0.25) is 0 Å². The number of hydrogen-bond donors (Lipinski definition) is 1. The first kappa shape index (κ1) is 10.4. The molecule has 0 aliphatic rings. The third kappa shape index (κ3) is 2.66. The van der Waals surface area contributed by atoms with E-state index < -0.39 is 5.97 Å². The van der Waals surface area contributed by atoms with E-state index in [1.165, 1.54) is 0 Å². The Hall–Kier alpha value is -2.17. The second-order valence-electron chi connectivity index (χ2n) is 3.49. The molecule has 0 radical (unpaired) electrons. The van der Waals surface area contributed by atoms with Crippen molar-refractivity contribution in [1.82, 2.24) is 15.0 Å². The molecule has 0 bridgehead atoms. The summed E-state index contributed by atoms with van der Waals surface area (Å²) in [6, 6.07) is 7.45. The quantitative estimate of drug-likeness (QED) is 0.828. The summed E-state index contributed by atoms with van der Waals surface area (Å²) in [6.45, 7) is 0.646. The van der Waals surface area contributed by atoms with Crippen LogP contribution in [-0.4, -0.2) is 26.1 Å². The van der Waals surface area contributed by atoms with Gasteiger partial charge < -0.3 is 5.11 Å². The van der Waals surface area contributed by atoms with Crippen molar-refractivity contribution in [1.29, 1.82) is 0 Å². The third-order valence-corrected chi connectivity index (χ3v) is 2.19. The standard InChI is InChI=1S/C11H11N3O2/c15-11(16)7-9-1-3-10(4-2-9)8-14-6-5-12-13-14/h1-6H,7-8H2,(H,15,16). The van der Waals surface area contributed by atoms with Crippen LogP contribution in [0.1, 0.15) is 11.1 Å². The molecule has 0 saturated heterocycles. The molecule has 0 atom stereocenters. The number of hydrogen-bond acceptors (Lipinski definition) is 3. The molecule has 1 aromatic heterocycles. The minimum absolute atomic E-state index is 0.0591. The molecule has 0 fully saturated rings. The number of aromatic nitrogens is 3. The van der Waals surface area contributed by atoms with Gasteiger partial charge in [0.15, 0.2) is 0 Å². The molecule has 0 spiro atoms. The van der Waals surface area contributed by atoms with E-state index in [9.17, 15) is 4.79 Å². The molecular formula is C11H11N3O2. The molecule has 1 aromatic carbocycles. The SMILES string of the molecule is O=C(O)Cc1ccc(Cn2ccnn2)cc1. The lowest BCUT2D eigenvalue weighted by Crippen LogP contribution is -2.02. The summed E-state index contributed by atoms with van der Waals surface area (Å²) in [7, 11) is 0. The van der Waals surface area contributed by atoms with Crippen LogP contribution in [0.4, 0.5) is 0 Å². The van der Waals surface area contributed by atoms with E-state index in [2.05, 4.69) is 10.3 Å². The molecule has 0 aliphatic heterocycles. The summed E-state index contributed by atoms with van der Waals surface area (Å²) in [5.41, 5.74) is 1.87. The average molecular weight is 217 g/mol. The molecule has 16 heavy (non-hydrogen) atoms. The van der Waals surface area contributed by atoms with Gasteiger partial charge in [0.1, 0.15) is 0 Å². The molecule has 82 valence electrons. The first-order chi connectivity index (χ1) is 7.74. The normalized spacial score (nSPS) is 10.2. The van der Waals surface area contributed by atoms with Crippen LogP contribution in [0, 0.1) is 0 Å². The van der Waals surface area contributed by atoms with Crippen molar-refractivity contribution in [2.24, 2.45) is 0 Å². The van der Waals surface area contributed by atoms with E-state index in [1.54, 1.807) is 17.1 Å². The fraction of sp³-hybridized carbons (Fsp3) is 0.182. The summed E-state index contributed by atoms with van der Waals surface area (Å²) in [5.74, 6) is -0.816. The number of nitrogens with zero attached hydrogens (tertiary/aromatic N) is 3. The molecule has 5 nitrogen and oxygen atoms in total. The first-order valence-corrected chi connectivity index (χ1v) is 4.88. The highest BCUT2D eigenvalue weighted by Crippen LogP contribution is 2.06. The third-order valence-electron chi connectivity index (χ3n) is 2.19. The largest absolute Gasteiger partial charge is 0.481 e. The zero-order valence-electron chi connectivity index (χ0n) is 8.58. The van der Waals surface area contributed by atoms with Crippen molar-refractivity contribution in [3.63, 3.8) is 0 Å². The maximum atomic E-state index is 10.5. The maximum absolute atomic E-state index is 10.5. The van der Waals surface area contributed by atoms with Crippen LogP contribution in [0.25, 0.3) is 0 Å². The lowest BCUT2D eigenvalue weighted by molar-refractivity contribution is -0.136. The molecule has 0 amide bonds. The molecule has 5 heteroatoms. The van der Waals surface area contributed by atoms with Crippen LogP contribution < -0.4 is 0 Å². The first-order valence-electron chi connectivity index (χ1n) is 4.88. The molecular weight excluding hydrogens is 206 g/mol. The second-order valence-corrected chi connectivity index (χ2v) is 3.49. The Balaban J connectivity index is 2.05. The van der Waals surface area contributed by atoms with E-state index >= 15 is 0 Å². The van der Waals surface area contributed by atoms with Crippen molar-refractivity contribution in [2.75, 3.05) is 0 Å². The summed E-state index contributed by atoms with van der Waals surface area (Å²) in [6.07, 6.45) is 3.47. The van der Waals surface area contributed by atoms with Gasteiger partial charge in [-0.3, -0.25) is 4.79 Å². The van der Waals surface area contributed by atoms with Gasteiger partial charge >= 0.3 is 5.97 Å². The maximum Gasteiger partial charge on any atom is 0.307 e. The van der Waals surface area contributed by atoms with E-state index in [4.69, 9.17) is 5.11 Å². The zero-order chi connectivity index (χ0) is 11.4. The topological polar surface area (TPSA) is 68.0 Å². The van der Waals surface area contributed by atoms with Crippen molar-refractivity contribution in [2.45, 2.75) is 13.0 Å². The lowest BCUT2D eigenvalue weighted by atomic mass is 10.1. The smallest absolute Gasteiger partial charge is 0.307 e. The van der Waals surface area contributed by atoms with Gasteiger partial charge in [-0.2, -0.15) is 0 Å². The predicted octanol–water partition coefficient (Wildman–Crippen LogP) is 0.954. The van der Waals surface area contributed by atoms with Gasteiger partial charge in [-0.15, -0.1) is 5.10 Å². The molecule has 0 aliphatic carbocycles. The van der Waals surface area contributed by atoms with E-state index in [1.807, 2.05) is 24.3 Å². The number of carbonyl (C=O) groups is 1. The van der Waals surface area contributed by atoms with Gasteiger partial charge in [-0.05, 0) is 11.1 Å². The van der Waals surface area contributed by atoms with Crippen LogP contribution in [0.5, 0.6) is 0 Å². The summed E-state index contributed by atoms with van der Waals surface area (Å²) in [4.78, 5) is 10.5. The fourth-order valence-electron chi connectivity index (χ4n) is 1.44. The van der Waals surface area contributed by atoms with Crippen molar-refractivity contribution in [3.05, 3.63) is 47.8 Å². The number of carboxylic acids is 1. The Kier molecular flexibility index (Phi) is 2.95. The Morgan fingerprint density at radius 3 is 2.50 bits per heavy atom. The van der Waals surface area contributed by atoms with Crippen LogP contribution in [-0.2, 0) is 17.8 Å². The monoisotopic (exact) mass is 217 g/mol. The van der Waals surface area contributed by atoms with E-state index in [0.717, 1.165) is 11.1 Å². The molecule has 0 unspecified atom stereocenters. The van der Waals surface area contributed by atoms with Gasteiger partial charge in [0.2, 0.25) is 0 Å². The van der Waals surface area contributed by atoms with Gasteiger partial charge in [0.25, 0.3) is 0 Å². The van der Waals surface area contributed by atoms with Gasteiger partial charge in [0.05, 0.1) is 19.2 Å². The molecule has 1 N–H and O–H groups in total. The Bertz CT molecular complexity index is 462. The van der Waals surface area contributed by atoms with Crippen molar-refractivity contribution < 1.29 is 9.90 Å². The molecule has 2 aromatic rings. The minimum atomic E-state index is -0.816. The average Bonchev–Trinajstić information content (AvgIpc) is 2.73. The van der Waals surface area contributed by atoms with Gasteiger partial charge in [-0.1, -0.05) is 29.5 Å². The number of carboxylic acid groups (broad SMARTS) is 1. The molecule has 2 rings (SSSR count). The molecule has 0 saturated carbocycles. The number of aliphatic carboxylic acids is 1. The fourth-order valence-corrected chi connectivity index (χ4v) is 1.44. The van der Waals surface area contributed by atoms with Crippen LogP contribution in [0.3, 0.4) is 0 Å². The Morgan fingerprint density at radius 1 is 1.25 bits per heavy atom. The van der Waals surface area contributed by atoms with E-state index in [-0.39, 0.29) is 6.42 Å². The Morgan fingerprint density at radius 2 is 1.94 bits per heavy atom. The predicted molar refractivity (Wildman–Crippen MR) is 56.9 cm³/mol. The minimum Gasteiger partial charge on any atom is -0.481 e. The van der Waals surface area contributed by atoms with Crippen molar-refractivity contribution >= 4 is 5.97 Å². The summed E-state index contributed by atoms with van der Waals surface area (Å²) in [5, 5.41) is 16.2. The van der Waals surface area contributed by atoms with Crippen LogP contribution >= 0.6 is 0 Å². The summed E-state index contributed by atoms with van der Waals surface area (Å²) >= 11 is 0. The van der Waals surface area contributed by atoms with Gasteiger partial charge in [-0.25, -0.2) is 4.68 Å². The molecule has 1 heterocycles. The van der Waals surface area contributed by atoms with Gasteiger partial charge in [0, 0.05) is 6.20 Å². The zero-order valence-corrected chi connectivity index (χ0v) is 8.58. The number of rotatable bonds is 4.